The van der Waals surface area contributed by atoms with Gasteiger partial charge in [-0.1, -0.05) is 0 Å². The lowest BCUT2D eigenvalue weighted by Gasteiger charge is -2.09. The summed E-state index contributed by atoms with van der Waals surface area (Å²) in [6.07, 6.45) is 3.57. The highest BCUT2D eigenvalue weighted by Gasteiger charge is 1.94. The van der Waals surface area contributed by atoms with Crippen molar-refractivity contribution in [1.82, 2.24) is 10.6 Å². The molecule has 5 nitrogen and oxygen atoms in total. The fraction of sp³-hybridized carbons (Fsp3) is 1.00. The van der Waals surface area contributed by atoms with Crippen LogP contribution in [0.15, 0.2) is 0 Å². The Labute approximate surface area is 111 Å². The van der Waals surface area contributed by atoms with Crippen molar-refractivity contribution in [2.45, 2.75) is 19.3 Å². The van der Waals surface area contributed by atoms with Gasteiger partial charge in [-0.05, 0) is 25.8 Å². The van der Waals surface area contributed by atoms with Crippen LogP contribution in [0.25, 0.3) is 0 Å². The predicted octanol–water partition coefficient (Wildman–Crippen LogP) is 0.399. The van der Waals surface area contributed by atoms with Crippen LogP contribution in [0.4, 0.5) is 0 Å². The lowest BCUT2D eigenvalue weighted by atomic mass is 10.2. The summed E-state index contributed by atoms with van der Waals surface area (Å²) in [4.78, 5) is 0. The minimum atomic E-state index is 0.694. The van der Waals surface area contributed by atoms with Gasteiger partial charge in [0.15, 0.2) is 0 Å². The lowest BCUT2D eigenvalue weighted by molar-refractivity contribution is 0.0465. The van der Waals surface area contributed by atoms with Gasteiger partial charge in [0.2, 0.25) is 0 Å². The van der Waals surface area contributed by atoms with Crippen molar-refractivity contribution in [2.24, 2.45) is 0 Å². The standard InChI is InChI=1S/C13H28N2O3/c1-2-4-14-5-9-17-10-6-15-7-11-18-13-12-16-8-3-1/h14-15H,1-13H2. The van der Waals surface area contributed by atoms with Gasteiger partial charge in [-0.15, -0.1) is 0 Å². The van der Waals surface area contributed by atoms with Crippen LogP contribution < -0.4 is 10.6 Å². The van der Waals surface area contributed by atoms with Crippen molar-refractivity contribution < 1.29 is 14.2 Å². The Morgan fingerprint density at radius 1 is 0.444 bits per heavy atom. The monoisotopic (exact) mass is 260 g/mol. The highest BCUT2D eigenvalue weighted by Crippen LogP contribution is 1.94. The van der Waals surface area contributed by atoms with E-state index in [9.17, 15) is 0 Å². The number of rotatable bonds is 0. The average molecular weight is 260 g/mol. The van der Waals surface area contributed by atoms with Gasteiger partial charge in [-0.2, -0.15) is 0 Å². The largest absolute Gasteiger partial charge is 0.379 e. The zero-order valence-corrected chi connectivity index (χ0v) is 11.4. The summed E-state index contributed by atoms with van der Waals surface area (Å²) < 4.78 is 16.4. The molecule has 1 rings (SSSR count). The van der Waals surface area contributed by atoms with Crippen LogP contribution in [0.1, 0.15) is 19.3 Å². The van der Waals surface area contributed by atoms with E-state index in [1.54, 1.807) is 0 Å². The van der Waals surface area contributed by atoms with Gasteiger partial charge in [-0.25, -0.2) is 0 Å². The molecule has 0 aliphatic carbocycles. The van der Waals surface area contributed by atoms with E-state index < -0.39 is 0 Å². The Balaban J connectivity index is 2.00. The molecule has 1 aliphatic heterocycles. The topological polar surface area (TPSA) is 51.8 Å². The molecule has 18 heavy (non-hydrogen) atoms. The maximum Gasteiger partial charge on any atom is 0.0701 e. The van der Waals surface area contributed by atoms with Crippen LogP contribution in [-0.4, -0.2) is 65.8 Å². The summed E-state index contributed by atoms with van der Waals surface area (Å²) >= 11 is 0. The van der Waals surface area contributed by atoms with E-state index >= 15 is 0 Å². The van der Waals surface area contributed by atoms with Crippen LogP contribution in [0.5, 0.6) is 0 Å². The van der Waals surface area contributed by atoms with E-state index in [1.807, 2.05) is 0 Å². The molecule has 2 N–H and O–H groups in total. The Morgan fingerprint density at radius 3 is 1.72 bits per heavy atom. The molecular weight excluding hydrogens is 232 g/mol. The SMILES string of the molecule is C1CCNCCOCCNCCOCCOCC1. The highest BCUT2D eigenvalue weighted by molar-refractivity contribution is 4.50. The molecule has 0 aromatic rings. The molecule has 0 bridgehead atoms. The molecule has 0 aromatic carbocycles. The zero-order chi connectivity index (χ0) is 12.7. The van der Waals surface area contributed by atoms with Crippen LogP contribution in [-0.2, 0) is 14.2 Å². The quantitative estimate of drug-likeness (QED) is 0.660. The van der Waals surface area contributed by atoms with Crippen LogP contribution >= 0.6 is 0 Å². The molecule has 1 heterocycles. The van der Waals surface area contributed by atoms with Gasteiger partial charge < -0.3 is 24.8 Å². The molecular formula is C13H28N2O3. The molecule has 0 atom stereocenters. The van der Waals surface area contributed by atoms with E-state index in [4.69, 9.17) is 14.2 Å². The molecule has 1 saturated heterocycles. The van der Waals surface area contributed by atoms with E-state index in [2.05, 4.69) is 10.6 Å². The molecule has 0 radical (unpaired) electrons. The van der Waals surface area contributed by atoms with Gasteiger partial charge in [0, 0.05) is 26.2 Å². The summed E-state index contributed by atoms with van der Waals surface area (Å²) in [6, 6.07) is 0. The van der Waals surface area contributed by atoms with Gasteiger partial charge in [0.05, 0.1) is 33.0 Å². The summed E-state index contributed by atoms with van der Waals surface area (Å²) in [5.41, 5.74) is 0. The maximum atomic E-state index is 5.49. The van der Waals surface area contributed by atoms with Crippen molar-refractivity contribution >= 4 is 0 Å². The normalized spacial score (nSPS) is 24.0. The molecule has 0 aromatic heterocycles. The first-order chi connectivity index (χ1) is 9.00. The number of ether oxygens (including phenoxy) is 3. The summed E-state index contributed by atoms with van der Waals surface area (Å²) in [5.74, 6) is 0. The Bertz CT molecular complexity index is 95.3. The predicted molar refractivity (Wildman–Crippen MR) is 72.0 cm³/mol. The number of hydrogen-bond donors (Lipinski definition) is 2. The fourth-order valence-electron chi connectivity index (χ4n) is 1.74. The molecule has 0 spiro atoms. The second-order valence-corrected chi connectivity index (χ2v) is 4.40. The van der Waals surface area contributed by atoms with Crippen LogP contribution in [0.3, 0.4) is 0 Å². The molecule has 0 unspecified atom stereocenters. The van der Waals surface area contributed by atoms with Crippen molar-refractivity contribution in [2.75, 3.05) is 65.8 Å². The van der Waals surface area contributed by atoms with Crippen molar-refractivity contribution in [3.05, 3.63) is 0 Å². The highest BCUT2D eigenvalue weighted by atomic mass is 16.5. The van der Waals surface area contributed by atoms with Gasteiger partial charge >= 0.3 is 0 Å². The number of hydrogen-bond acceptors (Lipinski definition) is 5. The smallest absolute Gasteiger partial charge is 0.0701 e. The van der Waals surface area contributed by atoms with Gasteiger partial charge in [0.1, 0.15) is 0 Å². The Hall–Kier alpha value is -0.200. The third kappa shape index (κ3) is 10.9. The van der Waals surface area contributed by atoms with Crippen molar-refractivity contribution in [1.29, 1.82) is 0 Å². The summed E-state index contributed by atoms with van der Waals surface area (Å²) in [6.45, 7) is 8.34. The van der Waals surface area contributed by atoms with Crippen LogP contribution in [0, 0.1) is 0 Å². The summed E-state index contributed by atoms with van der Waals surface area (Å²) in [5, 5.41) is 6.66. The zero-order valence-electron chi connectivity index (χ0n) is 11.4. The third-order valence-corrected chi connectivity index (χ3v) is 2.78. The molecule has 0 saturated carbocycles. The Kier molecular flexibility index (Phi) is 11.7. The minimum Gasteiger partial charge on any atom is -0.379 e. The number of nitrogens with one attached hydrogen (secondary N) is 2. The average Bonchev–Trinajstić information content (AvgIpc) is 2.39. The second-order valence-electron chi connectivity index (χ2n) is 4.40. The molecule has 108 valence electrons. The van der Waals surface area contributed by atoms with Crippen molar-refractivity contribution in [3.8, 4) is 0 Å². The second kappa shape index (κ2) is 13.2. The van der Waals surface area contributed by atoms with Crippen molar-refractivity contribution in [3.63, 3.8) is 0 Å². The molecule has 1 aliphatic rings. The molecule has 5 heteroatoms. The van der Waals surface area contributed by atoms with Crippen LogP contribution in [0.2, 0.25) is 0 Å². The Morgan fingerprint density at radius 2 is 1.00 bits per heavy atom. The van der Waals surface area contributed by atoms with E-state index in [0.29, 0.717) is 13.2 Å². The molecule has 0 amide bonds. The van der Waals surface area contributed by atoms with Gasteiger partial charge in [-0.3, -0.25) is 0 Å². The van der Waals surface area contributed by atoms with Gasteiger partial charge in [0.25, 0.3) is 0 Å². The third-order valence-electron chi connectivity index (χ3n) is 2.78. The lowest BCUT2D eigenvalue weighted by Crippen LogP contribution is -2.26. The maximum absolute atomic E-state index is 5.49. The molecule has 1 fully saturated rings. The first kappa shape index (κ1) is 15.9. The summed E-state index contributed by atoms with van der Waals surface area (Å²) in [7, 11) is 0. The minimum absolute atomic E-state index is 0.694. The first-order valence-corrected chi connectivity index (χ1v) is 7.15. The van der Waals surface area contributed by atoms with E-state index in [1.165, 1.54) is 12.8 Å². The first-order valence-electron chi connectivity index (χ1n) is 7.15. The van der Waals surface area contributed by atoms with E-state index in [0.717, 1.165) is 59.0 Å². The fourth-order valence-corrected chi connectivity index (χ4v) is 1.74. The van der Waals surface area contributed by atoms with E-state index in [-0.39, 0.29) is 0 Å².